The van der Waals surface area contributed by atoms with Gasteiger partial charge in [-0.2, -0.15) is 0 Å². The molecule has 3 rings (SSSR count). The van der Waals surface area contributed by atoms with Crippen molar-refractivity contribution < 1.29 is 9.32 Å². The largest absolute Gasteiger partial charge is 0.336 e. The molecule has 0 saturated carbocycles. The first-order chi connectivity index (χ1) is 12.9. The van der Waals surface area contributed by atoms with Crippen molar-refractivity contribution in [3.63, 3.8) is 0 Å². The summed E-state index contributed by atoms with van der Waals surface area (Å²) >= 11 is 0. The van der Waals surface area contributed by atoms with E-state index in [0.29, 0.717) is 29.6 Å². The maximum absolute atomic E-state index is 13.5. The summed E-state index contributed by atoms with van der Waals surface area (Å²) in [7, 11) is 4.07. The number of amides is 1. The van der Waals surface area contributed by atoms with Gasteiger partial charge in [-0.05, 0) is 59.9 Å². The van der Waals surface area contributed by atoms with Crippen molar-refractivity contribution >= 4 is 17.0 Å². The number of likely N-dealkylation sites (N-methyl/N-ethyl adjacent to an activating group) is 2. The van der Waals surface area contributed by atoms with Crippen LogP contribution < -0.4 is 0 Å². The highest BCUT2D eigenvalue weighted by atomic mass is 16.5. The van der Waals surface area contributed by atoms with Gasteiger partial charge < -0.3 is 14.3 Å². The minimum atomic E-state index is 0.0432. The Balaban J connectivity index is 1.91. The number of hydrogen-bond acceptors (Lipinski definition) is 6. The van der Waals surface area contributed by atoms with Crippen LogP contribution in [-0.4, -0.2) is 83.6 Å². The lowest BCUT2D eigenvalue weighted by atomic mass is 10.1. The Bertz CT molecular complexity index is 801. The van der Waals surface area contributed by atoms with Crippen LogP contribution >= 0.6 is 0 Å². The quantitative estimate of drug-likeness (QED) is 0.742. The van der Waals surface area contributed by atoms with Gasteiger partial charge in [-0.3, -0.25) is 9.69 Å². The smallest absolute Gasteiger partial charge is 0.258 e. The fourth-order valence-electron chi connectivity index (χ4n) is 3.93. The molecule has 1 aliphatic heterocycles. The molecule has 1 amide bonds. The number of rotatable bonds is 7. The molecule has 148 valence electrons. The van der Waals surface area contributed by atoms with Crippen LogP contribution in [0.3, 0.4) is 0 Å². The van der Waals surface area contributed by atoms with E-state index in [4.69, 9.17) is 4.52 Å². The molecule has 2 aromatic heterocycles. The Labute approximate surface area is 161 Å². The van der Waals surface area contributed by atoms with Crippen LogP contribution in [0.2, 0.25) is 0 Å². The number of carbonyl (C=O) groups is 1. The SMILES string of the molecule is CCN1CCC[C@@H]1CN(CCN(C)C)C(=O)c1cc(C)nc2onc(C)c12. The molecule has 0 radical (unpaired) electrons. The number of hydrogen-bond donors (Lipinski definition) is 0. The number of fused-ring (bicyclic) bond motifs is 1. The van der Waals surface area contributed by atoms with Gasteiger partial charge in [-0.1, -0.05) is 12.1 Å². The second kappa shape index (κ2) is 8.35. The molecular formula is C20H31N5O2. The molecule has 3 heterocycles. The van der Waals surface area contributed by atoms with Crippen LogP contribution in [0.5, 0.6) is 0 Å². The first-order valence-corrected chi connectivity index (χ1v) is 9.82. The second-order valence-corrected chi connectivity index (χ2v) is 7.74. The maximum atomic E-state index is 13.5. The van der Waals surface area contributed by atoms with E-state index in [-0.39, 0.29) is 5.91 Å². The van der Waals surface area contributed by atoms with E-state index in [1.54, 1.807) is 0 Å². The Hall–Kier alpha value is -1.99. The normalized spacial score (nSPS) is 17.9. The lowest BCUT2D eigenvalue weighted by Gasteiger charge is -2.31. The number of aryl methyl sites for hydroxylation is 2. The summed E-state index contributed by atoms with van der Waals surface area (Å²) in [5.41, 5.74) is 2.57. The maximum Gasteiger partial charge on any atom is 0.258 e. The molecular weight excluding hydrogens is 342 g/mol. The van der Waals surface area contributed by atoms with Crippen molar-refractivity contribution in [2.75, 3.05) is 46.8 Å². The number of nitrogens with zero attached hydrogens (tertiary/aromatic N) is 5. The van der Waals surface area contributed by atoms with Crippen molar-refractivity contribution in [2.24, 2.45) is 0 Å². The van der Waals surface area contributed by atoms with Crippen molar-refractivity contribution in [1.82, 2.24) is 24.8 Å². The molecule has 27 heavy (non-hydrogen) atoms. The molecule has 0 spiro atoms. The molecule has 0 bridgehead atoms. The third-order valence-corrected chi connectivity index (χ3v) is 5.42. The summed E-state index contributed by atoms with van der Waals surface area (Å²) < 4.78 is 5.32. The summed E-state index contributed by atoms with van der Waals surface area (Å²) in [6.07, 6.45) is 2.36. The van der Waals surface area contributed by atoms with Crippen LogP contribution in [0.25, 0.3) is 11.1 Å². The van der Waals surface area contributed by atoms with Crippen LogP contribution in [0, 0.1) is 13.8 Å². The number of aromatic nitrogens is 2. The minimum absolute atomic E-state index is 0.0432. The lowest BCUT2D eigenvalue weighted by Crippen LogP contribution is -2.45. The molecule has 7 nitrogen and oxygen atoms in total. The van der Waals surface area contributed by atoms with Crippen molar-refractivity contribution in [2.45, 2.75) is 39.7 Å². The van der Waals surface area contributed by atoms with Crippen LogP contribution in [0.4, 0.5) is 0 Å². The highest BCUT2D eigenvalue weighted by molar-refractivity contribution is 6.06. The van der Waals surface area contributed by atoms with Gasteiger partial charge in [0, 0.05) is 31.4 Å². The first kappa shape index (κ1) is 19.8. The zero-order chi connectivity index (χ0) is 19.6. The molecule has 0 unspecified atom stereocenters. The van der Waals surface area contributed by atoms with Crippen molar-refractivity contribution in [1.29, 1.82) is 0 Å². The van der Waals surface area contributed by atoms with E-state index >= 15 is 0 Å². The fourth-order valence-corrected chi connectivity index (χ4v) is 3.93. The van der Waals surface area contributed by atoms with E-state index < -0.39 is 0 Å². The molecule has 2 aromatic rings. The summed E-state index contributed by atoms with van der Waals surface area (Å²) in [5.74, 6) is 0.0432. The molecule has 1 saturated heterocycles. The standard InChI is InChI=1S/C20H31N5O2/c1-6-24-9-7-8-16(24)13-25(11-10-23(4)5)20(26)17-12-14(2)21-19-18(17)15(3)22-27-19/h12,16H,6-11,13H2,1-5H3/t16-/m1/s1. The van der Waals surface area contributed by atoms with Crippen molar-refractivity contribution in [3.05, 3.63) is 23.0 Å². The van der Waals surface area contributed by atoms with Gasteiger partial charge in [0.25, 0.3) is 11.6 Å². The Morgan fingerprint density at radius 3 is 2.81 bits per heavy atom. The van der Waals surface area contributed by atoms with Crippen LogP contribution in [0.1, 0.15) is 41.5 Å². The molecule has 0 aliphatic carbocycles. The third-order valence-electron chi connectivity index (χ3n) is 5.42. The van der Waals surface area contributed by atoms with Gasteiger partial charge in [0.2, 0.25) is 0 Å². The lowest BCUT2D eigenvalue weighted by molar-refractivity contribution is 0.0696. The summed E-state index contributed by atoms with van der Waals surface area (Å²) in [6, 6.07) is 2.30. The van der Waals surface area contributed by atoms with Gasteiger partial charge in [0.15, 0.2) is 0 Å². The number of carbonyl (C=O) groups excluding carboxylic acids is 1. The summed E-state index contributed by atoms with van der Waals surface area (Å²) in [5, 5.41) is 4.75. The molecule has 1 fully saturated rings. The predicted octanol–water partition coefficient (Wildman–Crippen LogP) is 2.33. The van der Waals surface area contributed by atoms with E-state index in [9.17, 15) is 4.79 Å². The minimum Gasteiger partial charge on any atom is -0.336 e. The van der Waals surface area contributed by atoms with Gasteiger partial charge in [0.05, 0.1) is 16.6 Å². The average molecular weight is 374 g/mol. The summed E-state index contributed by atoms with van der Waals surface area (Å²) in [4.78, 5) is 24.5. The third kappa shape index (κ3) is 4.30. The second-order valence-electron chi connectivity index (χ2n) is 7.74. The summed E-state index contributed by atoms with van der Waals surface area (Å²) in [6.45, 7) is 10.4. The van der Waals surface area contributed by atoms with Crippen LogP contribution in [-0.2, 0) is 0 Å². The molecule has 1 atom stereocenters. The van der Waals surface area contributed by atoms with Gasteiger partial charge in [0.1, 0.15) is 0 Å². The highest BCUT2D eigenvalue weighted by Crippen LogP contribution is 2.24. The van der Waals surface area contributed by atoms with Gasteiger partial charge in [-0.25, -0.2) is 4.98 Å². The highest BCUT2D eigenvalue weighted by Gasteiger charge is 2.29. The first-order valence-electron chi connectivity index (χ1n) is 9.82. The monoisotopic (exact) mass is 373 g/mol. The van der Waals surface area contributed by atoms with Crippen LogP contribution in [0.15, 0.2) is 10.6 Å². The van der Waals surface area contributed by atoms with E-state index in [0.717, 1.165) is 43.7 Å². The van der Waals surface area contributed by atoms with Crippen molar-refractivity contribution in [3.8, 4) is 0 Å². The molecule has 7 heteroatoms. The predicted molar refractivity (Wildman–Crippen MR) is 106 cm³/mol. The topological polar surface area (TPSA) is 65.7 Å². The zero-order valence-corrected chi connectivity index (χ0v) is 17.2. The average Bonchev–Trinajstić information content (AvgIpc) is 3.23. The Kier molecular flexibility index (Phi) is 6.11. The van der Waals surface area contributed by atoms with Gasteiger partial charge in [-0.15, -0.1) is 0 Å². The number of pyridine rings is 1. The van der Waals surface area contributed by atoms with E-state index in [1.807, 2.05) is 38.9 Å². The molecule has 1 aliphatic rings. The molecule has 0 N–H and O–H groups in total. The Morgan fingerprint density at radius 2 is 2.11 bits per heavy atom. The van der Waals surface area contributed by atoms with E-state index in [2.05, 4.69) is 26.9 Å². The van der Waals surface area contributed by atoms with E-state index in [1.165, 1.54) is 6.42 Å². The zero-order valence-electron chi connectivity index (χ0n) is 17.2. The fraction of sp³-hybridized carbons (Fsp3) is 0.650. The number of likely N-dealkylation sites (tertiary alicyclic amines) is 1. The van der Waals surface area contributed by atoms with Gasteiger partial charge >= 0.3 is 0 Å². The molecule has 0 aromatic carbocycles. The Morgan fingerprint density at radius 1 is 1.33 bits per heavy atom.